The van der Waals surface area contributed by atoms with E-state index >= 15 is 0 Å². The Balaban J connectivity index is 2.32. The molecule has 1 aromatic heterocycles. The van der Waals surface area contributed by atoms with E-state index in [4.69, 9.17) is 4.42 Å². The highest BCUT2D eigenvalue weighted by Crippen LogP contribution is 2.07. The number of hydrogen-bond acceptors (Lipinski definition) is 4. The molecule has 0 saturated carbocycles. The molecule has 120 valence electrons. The number of likely N-dealkylation sites (N-methyl/N-ethyl adjacent to an activating group) is 1. The van der Waals surface area contributed by atoms with Crippen LogP contribution in [-0.2, 0) is 6.54 Å². The molecule has 0 aliphatic rings. The van der Waals surface area contributed by atoms with Crippen molar-refractivity contribution in [3.63, 3.8) is 0 Å². The van der Waals surface area contributed by atoms with Gasteiger partial charge in [-0.2, -0.15) is 0 Å². The molecule has 1 aromatic rings. The Hall–Kier alpha value is -1.56. The van der Waals surface area contributed by atoms with Crippen LogP contribution in [0, 0.1) is 13.8 Å². The largest absolute Gasteiger partial charge is 0.444 e. The predicted octanol–water partition coefficient (Wildman–Crippen LogP) is 1.69. The van der Waals surface area contributed by atoms with Gasteiger partial charge >= 0.3 is 0 Å². The maximum Gasteiger partial charge on any atom is 0.214 e. The van der Waals surface area contributed by atoms with Crippen molar-refractivity contribution in [1.29, 1.82) is 0 Å². The first-order valence-corrected chi connectivity index (χ1v) is 7.70. The van der Waals surface area contributed by atoms with Crippen molar-refractivity contribution in [1.82, 2.24) is 20.5 Å². The quantitative estimate of drug-likeness (QED) is 0.564. The van der Waals surface area contributed by atoms with Gasteiger partial charge < -0.3 is 20.0 Å². The summed E-state index contributed by atoms with van der Waals surface area (Å²) in [6.07, 6.45) is 1.18. The number of nitrogens with one attached hydrogen (secondary N) is 2. The minimum atomic E-state index is 0.542. The monoisotopic (exact) mass is 295 g/mol. The number of aromatic nitrogens is 1. The molecule has 1 rings (SSSR count). The van der Waals surface area contributed by atoms with Crippen molar-refractivity contribution >= 4 is 5.96 Å². The van der Waals surface area contributed by atoms with E-state index in [0.29, 0.717) is 12.4 Å². The molecule has 0 spiro atoms. The van der Waals surface area contributed by atoms with Gasteiger partial charge in [0.05, 0.1) is 12.2 Å². The Labute approximate surface area is 128 Å². The molecule has 0 saturated heterocycles. The van der Waals surface area contributed by atoms with Crippen molar-refractivity contribution in [3.8, 4) is 0 Å². The molecule has 1 heterocycles. The maximum atomic E-state index is 5.54. The van der Waals surface area contributed by atoms with E-state index in [2.05, 4.69) is 39.4 Å². The van der Waals surface area contributed by atoms with Gasteiger partial charge in [-0.15, -0.1) is 0 Å². The highest BCUT2D eigenvalue weighted by Gasteiger charge is 2.06. The SMILES string of the molecule is CCCN(CC)CCNC(=NC)NCc1nc(C)c(C)o1. The maximum absolute atomic E-state index is 5.54. The zero-order valence-corrected chi connectivity index (χ0v) is 14.0. The molecule has 6 heteroatoms. The van der Waals surface area contributed by atoms with Crippen LogP contribution < -0.4 is 10.6 Å². The summed E-state index contributed by atoms with van der Waals surface area (Å²) in [6.45, 7) is 12.9. The molecule has 0 aromatic carbocycles. The summed E-state index contributed by atoms with van der Waals surface area (Å²) in [4.78, 5) is 11.0. The fraction of sp³-hybridized carbons (Fsp3) is 0.733. The molecular weight excluding hydrogens is 266 g/mol. The van der Waals surface area contributed by atoms with Crippen LogP contribution in [0.1, 0.15) is 37.6 Å². The summed E-state index contributed by atoms with van der Waals surface area (Å²) in [5, 5.41) is 6.53. The average molecular weight is 295 g/mol. The van der Waals surface area contributed by atoms with Gasteiger partial charge in [-0.25, -0.2) is 4.98 Å². The summed E-state index contributed by atoms with van der Waals surface area (Å²) < 4.78 is 5.54. The first-order chi connectivity index (χ1) is 10.1. The lowest BCUT2D eigenvalue weighted by Crippen LogP contribution is -2.41. The topological polar surface area (TPSA) is 65.7 Å². The third-order valence-corrected chi connectivity index (χ3v) is 3.41. The zero-order valence-electron chi connectivity index (χ0n) is 14.0. The lowest BCUT2D eigenvalue weighted by molar-refractivity contribution is 0.293. The Kier molecular flexibility index (Phi) is 7.82. The molecule has 0 bridgehead atoms. The van der Waals surface area contributed by atoms with Crippen LogP contribution in [0.4, 0.5) is 0 Å². The number of aliphatic imine (C=N–C) groups is 1. The number of guanidine groups is 1. The molecular formula is C15H29N5O. The fourth-order valence-electron chi connectivity index (χ4n) is 2.07. The normalized spacial score (nSPS) is 12.0. The Morgan fingerprint density at radius 2 is 2.00 bits per heavy atom. The van der Waals surface area contributed by atoms with Crippen molar-refractivity contribution in [2.45, 2.75) is 40.7 Å². The Morgan fingerprint density at radius 3 is 2.52 bits per heavy atom. The number of aryl methyl sites for hydroxylation is 2. The van der Waals surface area contributed by atoms with E-state index < -0.39 is 0 Å². The zero-order chi connectivity index (χ0) is 15.7. The summed E-state index contributed by atoms with van der Waals surface area (Å²) in [6, 6.07) is 0. The van der Waals surface area contributed by atoms with Gasteiger partial charge in [0.1, 0.15) is 5.76 Å². The van der Waals surface area contributed by atoms with Gasteiger partial charge in [0.2, 0.25) is 5.89 Å². The lowest BCUT2D eigenvalue weighted by atomic mass is 10.4. The van der Waals surface area contributed by atoms with Crippen LogP contribution in [0.2, 0.25) is 0 Å². The first kappa shape index (κ1) is 17.5. The van der Waals surface area contributed by atoms with Gasteiger partial charge in [0.25, 0.3) is 0 Å². The molecule has 6 nitrogen and oxygen atoms in total. The highest BCUT2D eigenvalue weighted by molar-refractivity contribution is 5.79. The van der Waals surface area contributed by atoms with E-state index in [9.17, 15) is 0 Å². The van der Waals surface area contributed by atoms with Crippen LogP contribution in [0.15, 0.2) is 9.41 Å². The molecule has 0 aliphatic carbocycles. The second-order valence-corrected chi connectivity index (χ2v) is 5.04. The number of hydrogen-bond donors (Lipinski definition) is 2. The Morgan fingerprint density at radius 1 is 1.24 bits per heavy atom. The number of oxazole rings is 1. The van der Waals surface area contributed by atoms with Crippen LogP contribution in [0.5, 0.6) is 0 Å². The second-order valence-electron chi connectivity index (χ2n) is 5.04. The Bertz CT molecular complexity index is 422. The van der Waals surface area contributed by atoms with Crippen LogP contribution in [0.3, 0.4) is 0 Å². The number of nitrogens with zero attached hydrogens (tertiary/aromatic N) is 3. The third-order valence-electron chi connectivity index (χ3n) is 3.41. The smallest absolute Gasteiger partial charge is 0.214 e. The number of rotatable bonds is 8. The molecule has 2 N–H and O–H groups in total. The van der Waals surface area contributed by atoms with Crippen LogP contribution in [-0.4, -0.2) is 49.1 Å². The summed E-state index contributed by atoms with van der Waals surface area (Å²) in [5.41, 5.74) is 0.938. The van der Waals surface area contributed by atoms with E-state index in [1.54, 1.807) is 7.05 Å². The van der Waals surface area contributed by atoms with Crippen molar-refractivity contribution in [2.24, 2.45) is 4.99 Å². The van der Waals surface area contributed by atoms with E-state index in [1.165, 1.54) is 6.42 Å². The standard InChI is InChI=1S/C15H29N5O/c1-6-9-20(7-2)10-8-17-15(16-5)18-11-14-19-12(3)13(4)21-14/h6-11H2,1-5H3,(H2,16,17,18). The van der Waals surface area contributed by atoms with Gasteiger partial charge in [-0.05, 0) is 33.4 Å². The van der Waals surface area contributed by atoms with E-state index in [1.807, 2.05) is 13.8 Å². The van der Waals surface area contributed by atoms with Gasteiger partial charge in [-0.1, -0.05) is 13.8 Å². The molecule has 0 amide bonds. The molecule has 0 atom stereocenters. The molecule has 0 fully saturated rings. The average Bonchev–Trinajstić information content (AvgIpc) is 2.80. The molecule has 0 radical (unpaired) electrons. The van der Waals surface area contributed by atoms with Gasteiger partial charge in [0.15, 0.2) is 5.96 Å². The minimum Gasteiger partial charge on any atom is -0.444 e. The fourth-order valence-corrected chi connectivity index (χ4v) is 2.07. The molecule has 0 aliphatic heterocycles. The summed E-state index contributed by atoms with van der Waals surface area (Å²) >= 11 is 0. The highest BCUT2D eigenvalue weighted by atomic mass is 16.4. The minimum absolute atomic E-state index is 0.542. The summed E-state index contributed by atoms with van der Waals surface area (Å²) in [7, 11) is 1.77. The van der Waals surface area contributed by atoms with Crippen LogP contribution >= 0.6 is 0 Å². The van der Waals surface area contributed by atoms with Crippen molar-refractivity contribution in [3.05, 3.63) is 17.3 Å². The van der Waals surface area contributed by atoms with Crippen LogP contribution in [0.25, 0.3) is 0 Å². The van der Waals surface area contributed by atoms with Crippen molar-refractivity contribution < 1.29 is 4.42 Å². The van der Waals surface area contributed by atoms with E-state index in [0.717, 1.165) is 43.6 Å². The van der Waals surface area contributed by atoms with E-state index in [-0.39, 0.29) is 0 Å². The lowest BCUT2D eigenvalue weighted by Gasteiger charge is -2.20. The molecule has 0 unspecified atom stereocenters. The first-order valence-electron chi connectivity index (χ1n) is 7.70. The molecule has 21 heavy (non-hydrogen) atoms. The summed E-state index contributed by atoms with van der Waals surface area (Å²) in [5.74, 6) is 2.33. The van der Waals surface area contributed by atoms with Gasteiger partial charge in [0, 0.05) is 20.1 Å². The predicted molar refractivity (Wildman–Crippen MR) is 86.6 cm³/mol. The van der Waals surface area contributed by atoms with Crippen molar-refractivity contribution in [2.75, 3.05) is 33.2 Å². The second kappa shape index (κ2) is 9.39. The van der Waals surface area contributed by atoms with Gasteiger partial charge in [-0.3, -0.25) is 4.99 Å². The third kappa shape index (κ3) is 6.16.